The van der Waals surface area contributed by atoms with Crippen LogP contribution in [0.3, 0.4) is 0 Å². The number of ether oxygens (including phenoxy) is 1. The minimum absolute atomic E-state index is 0.107. The molecule has 90 valence electrons. The summed E-state index contributed by atoms with van der Waals surface area (Å²) in [5.74, 6) is -0.568. The van der Waals surface area contributed by atoms with E-state index in [2.05, 4.69) is 5.10 Å². The smallest absolute Gasteiger partial charge is 0.244 e. The van der Waals surface area contributed by atoms with Crippen molar-refractivity contribution in [3.05, 3.63) is 24.1 Å². The number of rotatable bonds is 2. The Morgan fingerprint density at radius 1 is 1.47 bits per heavy atom. The third-order valence-electron chi connectivity index (χ3n) is 2.28. The van der Waals surface area contributed by atoms with E-state index in [1.807, 2.05) is 13.8 Å². The second-order valence-electron chi connectivity index (χ2n) is 4.08. The van der Waals surface area contributed by atoms with Gasteiger partial charge < -0.3 is 4.74 Å². The normalized spacial score (nSPS) is 11.1. The Hall–Kier alpha value is -1.91. The Morgan fingerprint density at radius 3 is 2.76 bits per heavy atom. The van der Waals surface area contributed by atoms with Gasteiger partial charge in [0.25, 0.3) is 0 Å². The summed E-state index contributed by atoms with van der Waals surface area (Å²) in [7, 11) is 0. The first-order valence-corrected chi connectivity index (χ1v) is 5.34. The molecule has 0 bridgehead atoms. The number of benzene rings is 1. The summed E-state index contributed by atoms with van der Waals surface area (Å²) in [5.41, 5.74) is 0.450. The molecule has 0 spiro atoms. The Morgan fingerprint density at radius 2 is 2.18 bits per heavy atom. The molecule has 0 aliphatic carbocycles. The van der Waals surface area contributed by atoms with E-state index in [9.17, 15) is 9.18 Å². The fourth-order valence-electron chi connectivity index (χ4n) is 1.62. The lowest BCUT2D eigenvalue weighted by Gasteiger charge is -2.10. The number of aromatic nitrogens is 2. The molecule has 2 rings (SSSR count). The van der Waals surface area contributed by atoms with Gasteiger partial charge >= 0.3 is 0 Å². The van der Waals surface area contributed by atoms with Gasteiger partial charge in [0.2, 0.25) is 5.91 Å². The van der Waals surface area contributed by atoms with E-state index in [-0.39, 0.29) is 17.8 Å². The fourth-order valence-corrected chi connectivity index (χ4v) is 1.62. The first-order valence-electron chi connectivity index (χ1n) is 5.34. The van der Waals surface area contributed by atoms with E-state index in [4.69, 9.17) is 4.74 Å². The molecular weight excluding hydrogens is 223 g/mol. The van der Waals surface area contributed by atoms with Gasteiger partial charge in [-0.1, -0.05) is 0 Å². The van der Waals surface area contributed by atoms with Crippen LogP contribution in [0.25, 0.3) is 10.9 Å². The van der Waals surface area contributed by atoms with Crippen LogP contribution in [0.2, 0.25) is 0 Å². The Bertz CT molecular complexity index is 575. The van der Waals surface area contributed by atoms with E-state index >= 15 is 0 Å². The van der Waals surface area contributed by atoms with Gasteiger partial charge in [0.05, 0.1) is 17.8 Å². The zero-order valence-electron chi connectivity index (χ0n) is 9.90. The van der Waals surface area contributed by atoms with Crippen LogP contribution in [0.4, 0.5) is 4.39 Å². The van der Waals surface area contributed by atoms with Gasteiger partial charge in [0.1, 0.15) is 0 Å². The van der Waals surface area contributed by atoms with Gasteiger partial charge in [-0.2, -0.15) is 5.10 Å². The van der Waals surface area contributed by atoms with Crippen LogP contribution in [0.1, 0.15) is 25.6 Å². The van der Waals surface area contributed by atoms with Crippen LogP contribution in [0.15, 0.2) is 18.3 Å². The van der Waals surface area contributed by atoms with Crippen LogP contribution < -0.4 is 4.74 Å². The Kier molecular flexibility index (Phi) is 2.83. The van der Waals surface area contributed by atoms with Crippen molar-refractivity contribution in [2.45, 2.75) is 26.9 Å². The third kappa shape index (κ3) is 2.13. The average Bonchev–Trinajstić information content (AvgIpc) is 2.60. The summed E-state index contributed by atoms with van der Waals surface area (Å²) in [6, 6.07) is 2.82. The number of carbonyl (C=O) groups is 1. The second-order valence-corrected chi connectivity index (χ2v) is 4.08. The molecule has 4 nitrogen and oxygen atoms in total. The van der Waals surface area contributed by atoms with Crippen molar-refractivity contribution in [1.82, 2.24) is 9.78 Å². The topological polar surface area (TPSA) is 44.1 Å². The molecule has 0 saturated heterocycles. The molecule has 17 heavy (non-hydrogen) atoms. The minimum atomic E-state index is -0.491. The van der Waals surface area contributed by atoms with Gasteiger partial charge in [0.15, 0.2) is 11.6 Å². The van der Waals surface area contributed by atoms with E-state index in [0.29, 0.717) is 10.9 Å². The summed E-state index contributed by atoms with van der Waals surface area (Å²) < 4.78 is 20.2. The summed E-state index contributed by atoms with van der Waals surface area (Å²) in [4.78, 5) is 11.2. The standard InChI is InChI=1S/C12H13FN2O2/c1-7(2)17-12-4-9-6-14-15(8(3)16)11(9)5-10(12)13/h4-7H,1-3H3. The van der Waals surface area contributed by atoms with E-state index in [1.54, 1.807) is 6.07 Å². The van der Waals surface area contributed by atoms with Crippen LogP contribution >= 0.6 is 0 Å². The van der Waals surface area contributed by atoms with Gasteiger partial charge in [-0.25, -0.2) is 9.07 Å². The van der Waals surface area contributed by atoms with Crippen LogP contribution in [0.5, 0.6) is 5.75 Å². The molecule has 1 aromatic heterocycles. The molecule has 0 N–H and O–H groups in total. The van der Waals surface area contributed by atoms with Crippen molar-refractivity contribution in [2.24, 2.45) is 0 Å². The predicted octanol–water partition coefficient (Wildman–Crippen LogP) is 2.62. The maximum absolute atomic E-state index is 13.7. The summed E-state index contributed by atoms with van der Waals surface area (Å²) in [6.07, 6.45) is 1.41. The summed E-state index contributed by atoms with van der Waals surface area (Å²) in [5, 5.41) is 4.58. The molecule has 1 heterocycles. The van der Waals surface area contributed by atoms with E-state index in [1.165, 1.54) is 19.2 Å². The predicted molar refractivity (Wildman–Crippen MR) is 61.8 cm³/mol. The van der Waals surface area contributed by atoms with Crippen LogP contribution in [0, 0.1) is 5.82 Å². The zero-order valence-corrected chi connectivity index (χ0v) is 9.90. The molecule has 5 heteroatoms. The number of carbonyl (C=O) groups excluding carboxylic acids is 1. The number of nitrogens with zero attached hydrogens (tertiary/aromatic N) is 2. The van der Waals surface area contributed by atoms with Crippen LogP contribution in [-0.2, 0) is 0 Å². The first-order chi connectivity index (χ1) is 7.99. The summed E-state index contributed by atoms with van der Waals surface area (Å²) in [6.45, 7) is 5.02. The van der Waals surface area contributed by atoms with Crippen LogP contribution in [-0.4, -0.2) is 21.8 Å². The zero-order chi connectivity index (χ0) is 12.6. The van der Waals surface area contributed by atoms with Gasteiger partial charge in [-0.3, -0.25) is 4.79 Å². The van der Waals surface area contributed by atoms with E-state index < -0.39 is 5.82 Å². The molecule has 0 saturated carbocycles. The Balaban J connectivity index is 2.56. The number of hydrogen-bond donors (Lipinski definition) is 0. The Labute approximate surface area is 98.0 Å². The highest BCUT2D eigenvalue weighted by atomic mass is 19.1. The molecule has 0 aliphatic heterocycles. The molecule has 1 aromatic carbocycles. The molecule has 0 aliphatic rings. The maximum Gasteiger partial charge on any atom is 0.244 e. The summed E-state index contributed by atoms with van der Waals surface area (Å²) >= 11 is 0. The maximum atomic E-state index is 13.7. The van der Waals surface area contributed by atoms with Crippen molar-refractivity contribution >= 4 is 16.8 Å². The molecule has 0 fully saturated rings. The third-order valence-corrected chi connectivity index (χ3v) is 2.28. The molecular formula is C12H13FN2O2. The highest BCUT2D eigenvalue weighted by Crippen LogP contribution is 2.25. The highest BCUT2D eigenvalue weighted by molar-refractivity contribution is 5.90. The molecule has 0 amide bonds. The lowest BCUT2D eigenvalue weighted by atomic mass is 10.2. The molecule has 0 unspecified atom stereocenters. The van der Waals surface area contributed by atoms with Crippen molar-refractivity contribution < 1.29 is 13.9 Å². The largest absolute Gasteiger partial charge is 0.488 e. The quantitative estimate of drug-likeness (QED) is 0.805. The number of fused-ring (bicyclic) bond motifs is 1. The van der Waals surface area contributed by atoms with Crippen molar-refractivity contribution in [3.63, 3.8) is 0 Å². The average molecular weight is 236 g/mol. The minimum Gasteiger partial charge on any atom is -0.488 e. The lowest BCUT2D eigenvalue weighted by Crippen LogP contribution is -2.08. The van der Waals surface area contributed by atoms with Gasteiger partial charge in [0, 0.05) is 18.4 Å². The van der Waals surface area contributed by atoms with Crippen molar-refractivity contribution in [1.29, 1.82) is 0 Å². The molecule has 0 radical (unpaired) electrons. The monoisotopic (exact) mass is 236 g/mol. The lowest BCUT2D eigenvalue weighted by molar-refractivity contribution is 0.0926. The fraction of sp³-hybridized carbons (Fsp3) is 0.333. The highest BCUT2D eigenvalue weighted by Gasteiger charge is 2.12. The van der Waals surface area contributed by atoms with Gasteiger partial charge in [-0.05, 0) is 19.9 Å². The number of halogens is 1. The molecule has 0 atom stereocenters. The first kappa shape index (κ1) is 11.6. The van der Waals surface area contributed by atoms with Crippen molar-refractivity contribution in [2.75, 3.05) is 0 Å². The number of hydrogen-bond acceptors (Lipinski definition) is 3. The molecule has 2 aromatic rings. The van der Waals surface area contributed by atoms with Crippen molar-refractivity contribution in [3.8, 4) is 5.75 Å². The van der Waals surface area contributed by atoms with Gasteiger partial charge in [-0.15, -0.1) is 0 Å². The van der Waals surface area contributed by atoms with E-state index in [0.717, 1.165) is 4.68 Å². The second kappa shape index (κ2) is 4.16. The SMILES string of the molecule is CC(=O)n1ncc2cc(OC(C)C)c(F)cc21.